The molecule has 1 amide bonds. The third-order valence-electron chi connectivity index (χ3n) is 6.14. The minimum absolute atomic E-state index is 0.128. The van der Waals surface area contributed by atoms with Gasteiger partial charge in [-0.3, -0.25) is 9.69 Å². The lowest BCUT2D eigenvalue weighted by molar-refractivity contribution is -0.143. The van der Waals surface area contributed by atoms with Gasteiger partial charge in [0.1, 0.15) is 6.10 Å². The lowest BCUT2D eigenvalue weighted by Gasteiger charge is -2.36. The number of hydrogen-bond donors (Lipinski definition) is 1. The van der Waals surface area contributed by atoms with Crippen molar-refractivity contribution >= 4 is 17.7 Å². The van der Waals surface area contributed by atoms with Crippen LogP contribution < -0.4 is 4.90 Å². The smallest absolute Gasteiger partial charge is 0.410 e. The van der Waals surface area contributed by atoms with Crippen molar-refractivity contribution in [2.24, 2.45) is 5.92 Å². The van der Waals surface area contributed by atoms with E-state index < -0.39 is 5.97 Å². The van der Waals surface area contributed by atoms with E-state index in [1.165, 1.54) is 0 Å². The van der Waals surface area contributed by atoms with E-state index in [-0.39, 0.29) is 24.2 Å². The first kappa shape index (κ1) is 18.9. The van der Waals surface area contributed by atoms with Crippen molar-refractivity contribution in [2.75, 3.05) is 44.2 Å². The zero-order chi connectivity index (χ0) is 19.5. The molecule has 4 rings (SSSR count). The SMILES string of the molecule is O=C(O)C1CCN(CC2CN(C3CCN(c4ccnnc4)CC3)C(=O)O2)CC1. The van der Waals surface area contributed by atoms with Crippen LogP contribution >= 0.6 is 0 Å². The van der Waals surface area contributed by atoms with Crippen LogP contribution in [0.4, 0.5) is 10.5 Å². The van der Waals surface area contributed by atoms with E-state index in [1.54, 1.807) is 12.4 Å². The first-order chi connectivity index (χ1) is 13.6. The number of rotatable bonds is 5. The normalized spacial score (nSPS) is 25.1. The summed E-state index contributed by atoms with van der Waals surface area (Å²) in [5.41, 5.74) is 1.07. The van der Waals surface area contributed by atoms with Gasteiger partial charge in [0, 0.05) is 25.7 Å². The van der Waals surface area contributed by atoms with E-state index in [1.807, 2.05) is 11.0 Å². The van der Waals surface area contributed by atoms with Gasteiger partial charge >= 0.3 is 12.1 Å². The number of carbonyl (C=O) groups is 2. The maximum absolute atomic E-state index is 12.4. The van der Waals surface area contributed by atoms with Gasteiger partial charge in [0.2, 0.25) is 0 Å². The number of ether oxygens (including phenoxy) is 1. The summed E-state index contributed by atoms with van der Waals surface area (Å²) in [7, 11) is 0. The molecule has 1 aromatic heterocycles. The molecule has 0 saturated carbocycles. The van der Waals surface area contributed by atoms with Gasteiger partial charge in [-0.05, 0) is 44.8 Å². The van der Waals surface area contributed by atoms with Gasteiger partial charge in [0.05, 0.1) is 30.5 Å². The fraction of sp³-hybridized carbons (Fsp3) is 0.684. The van der Waals surface area contributed by atoms with Crippen LogP contribution in [-0.2, 0) is 9.53 Å². The monoisotopic (exact) mass is 389 g/mol. The lowest BCUT2D eigenvalue weighted by atomic mass is 9.97. The molecule has 3 saturated heterocycles. The second kappa shape index (κ2) is 8.30. The summed E-state index contributed by atoms with van der Waals surface area (Å²) in [6.07, 6.45) is 6.29. The van der Waals surface area contributed by atoms with Gasteiger partial charge in [0.15, 0.2) is 0 Å². The zero-order valence-corrected chi connectivity index (χ0v) is 15.9. The Morgan fingerprint density at radius 2 is 1.89 bits per heavy atom. The Balaban J connectivity index is 1.25. The van der Waals surface area contributed by atoms with Crippen molar-refractivity contribution in [1.29, 1.82) is 0 Å². The summed E-state index contributed by atoms with van der Waals surface area (Å²) in [5.74, 6) is -0.938. The Kier molecular flexibility index (Phi) is 5.61. The first-order valence-corrected chi connectivity index (χ1v) is 10.0. The third-order valence-corrected chi connectivity index (χ3v) is 6.14. The van der Waals surface area contributed by atoms with Crippen LogP contribution in [0.1, 0.15) is 25.7 Å². The highest BCUT2D eigenvalue weighted by Crippen LogP contribution is 2.26. The van der Waals surface area contributed by atoms with E-state index in [2.05, 4.69) is 20.0 Å². The van der Waals surface area contributed by atoms with Crippen LogP contribution in [0.3, 0.4) is 0 Å². The highest BCUT2D eigenvalue weighted by atomic mass is 16.6. The second-order valence-corrected chi connectivity index (χ2v) is 7.89. The van der Waals surface area contributed by atoms with E-state index in [0.29, 0.717) is 25.9 Å². The molecule has 0 radical (unpaired) electrons. The van der Waals surface area contributed by atoms with E-state index in [9.17, 15) is 9.59 Å². The maximum Gasteiger partial charge on any atom is 0.410 e. The average molecular weight is 389 g/mol. The number of amides is 1. The molecule has 28 heavy (non-hydrogen) atoms. The van der Waals surface area contributed by atoms with E-state index in [4.69, 9.17) is 9.84 Å². The number of piperidine rings is 2. The molecule has 9 nitrogen and oxygen atoms in total. The van der Waals surface area contributed by atoms with Crippen LogP contribution in [0.2, 0.25) is 0 Å². The fourth-order valence-corrected chi connectivity index (χ4v) is 4.49. The number of hydrogen-bond acceptors (Lipinski definition) is 7. The van der Waals surface area contributed by atoms with Crippen molar-refractivity contribution in [3.63, 3.8) is 0 Å². The average Bonchev–Trinajstić information content (AvgIpc) is 3.09. The molecule has 9 heteroatoms. The van der Waals surface area contributed by atoms with Crippen LogP contribution in [0.25, 0.3) is 0 Å². The van der Waals surface area contributed by atoms with Gasteiger partial charge in [-0.1, -0.05) is 0 Å². The number of nitrogens with zero attached hydrogens (tertiary/aromatic N) is 5. The number of carboxylic acids is 1. The van der Waals surface area contributed by atoms with E-state index in [0.717, 1.165) is 44.7 Å². The summed E-state index contributed by atoms with van der Waals surface area (Å²) in [4.78, 5) is 29.9. The topological polar surface area (TPSA) is 99.1 Å². The zero-order valence-electron chi connectivity index (χ0n) is 15.9. The predicted octanol–water partition coefficient (Wildman–Crippen LogP) is 1.06. The summed E-state index contributed by atoms with van der Waals surface area (Å²) in [5, 5.41) is 16.9. The number of anilines is 1. The van der Waals surface area contributed by atoms with Crippen molar-refractivity contribution in [3.8, 4) is 0 Å². The first-order valence-electron chi connectivity index (χ1n) is 10.0. The lowest BCUT2D eigenvalue weighted by Crippen LogP contribution is -2.46. The van der Waals surface area contributed by atoms with Crippen molar-refractivity contribution < 1.29 is 19.4 Å². The largest absolute Gasteiger partial charge is 0.481 e. The standard InChI is InChI=1S/C19H27N5O4/c25-18(26)14-2-7-22(8-3-14)12-17-13-24(19(27)28-17)15-4-9-23(10-5-15)16-1-6-20-21-11-16/h1,6,11,14-15,17H,2-5,7-10,12-13H2,(H,25,26). The van der Waals surface area contributed by atoms with Gasteiger partial charge in [-0.15, -0.1) is 0 Å². The van der Waals surface area contributed by atoms with Gasteiger partial charge in [-0.25, -0.2) is 4.79 Å². The molecule has 1 unspecified atom stereocenters. The van der Waals surface area contributed by atoms with Crippen molar-refractivity contribution in [2.45, 2.75) is 37.8 Å². The van der Waals surface area contributed by atoms with Crippen LogP contribution in [0.15, 0.2) is 18.5 Å². The van der Waals surface area contributed by atoms with E-state index >= 15 is 0 Å². The number of cyclic esters (lactones) is 1. The van der Waals surface area contributed by atoms with Crippen LogP contribution in [0, 0.1) is 5.92 Å². The van der Waals surface area contributed by atoms with Crippen molar-refractivity contribution in [3.05, 3.63) is 18.5 Å². The van der Waals surface area contributed by atoms with Gasteiger partial charge < -0.3 is 19.6 Å². The molecule has 4 heterocycles. The molecule has 3 aliphatic rings. The molecule has 152 valence electrons. The number of likely N-dealkylation sites (tertiary alicyclic amines) is 1. The molecule has 1 atom stereocenters. The highest BCUT2D eigenvalue weighted by Gasteiger charge is 2.38. The Hall–Kier alpha value is -2.42. The summed E-state index contributed by atoms with van der Waals surface area (Å²) < 4.78 is 5.61. The van der Waals surface area contributed by atoms with Crippen molar-refractivity contribution in [1.82, 2.24) is 20.0 Å². The third kappa shape index (κ3) is 4.19. The minimum Gasteiger partial charge on any atom is -0.481 e. The Bertz CT molecular complexity index is 687. The number of carboxylic acid groups (broad SMARTS) is 1. The second-order valence-electron chi connectivity index (χ2n) is 7.89. The van der Waals surface area contributed by atoms with Crippen LogP contribution in [-0.4, -0.2) is 88.6 Å². The van der Waals surface area contributed by atoms with Crippen LogP contribution in [0.5, 0.6) is 0 Å². The summed E-state index contributed by atoms with van der Waals surface area (Å²) >= 11 is 0. The molecule has 3 aliphatic heterocycles. The predicted molar refractivity (Wildman–Crippen MR) is 101 cm³/mol. The molecular formula is C19H27N5O4. The number of carbonyl (C=O) groups excluding carboxylic acids is 1. The minimum atomic E-state index is -0.702. The quantitative estimate of drug-likeness (QED) is 0.798. The number of aliphatic carboxylic acids is 1. The molecule has 0 bridgehead atoms. The fourth-order valence-electron chi connectivity index (χ4n) is 4.49. The molecule has 1 aromatic rings. The molecule has 0 aromatic carbocycles. The molecular weight excluding hydrogens is 362 g/mol. The Morgan fingerprint density at radius 1 is 1.14 bits per heavy atom. The Morgan fingerprint density at radius 3 is 2.54 bits per heavy atom. The molecule has 1 N–H and O–H groups in total. The Labute approximate surface area is 164 Å². The maximum atomic E-state index is 12.4. The molecule has 0 aliphatic carbocycles. The molecule has 3 fully saturated rings. The summed E-state index contributed by atoms with van der Waals surface area (Å²) in [6, 6.07) is 2.17. The molecule has 0 spiro atoms. The highest BCUT2D eigenvalue weighted by molar-refractivity contribution is 5.70. The summed E-state index contributed by atoms with van der Waals surface area (Å²) in [6.45, 7) is 4.59. The van der Waals surface area contributed by atoms with Gasteiger partial charge in [0.25, 0.3) is 0 Å². The van der Waals surface area contributed by atoms with Gasteiger partial charge in [-0.2, -0.15) is 10.2 Å². The number of aromatic nitrogens is 2.